The summed E-state index contributed by atoms with van der Waals surface area (Å²) in [7, 11) is 1.43. The van der Waals surface area contributed by atoms with Gasteiger partial charge < -0.3 is 15.2 Å². The Kier molecular flexibility index (Phi) is 7.60. The molecule has 46 heavy (non-hydrogen) atoms. The first kappa shape index (κ1) is 30.4. The monoisotopic (exact) mass is 742 g/mol. The topological polar surface area (TPSA) is 113 Å². The summed E-state index contributed by atoms with van der Waals surface area (Å²) >= 11 is 7.03. The van der Waals surface area contributed by atoms with Crippen LogP contribution in [0.15, 0.2) is 104 Å². The van der Waals surface area contributed by atoms with E-state index in [-0.39, 0.29) is 41.3 Å². The Morgan fingerprint density at radius 2 is 1.61 bits per heavy atom. The van der Waals surface area contributed by atoms with E-state index < -0.39 is 23.7 Å². The molecule has 1 aliphatic heterocycles. The molecule has 0 radical (unpaired) electrons. The Balaban J connectivity index is 1.29. The van der Waals surface area contributed by atoms with Gasteiger partial charge in [0.1, 0.15) is 0 Å². The highest BCUT2D eigenvalue weighted by Crippen LogP contribution is 2.57. The largest absolute Gasteiger partial charge is 0.503 e. The molecule has 10 heteroatoms. The number of ether oxygens (including phenoxy) is 1. The lowest BCUT2D eigenvalue weighted by atomic mass is 9.59. The molecule has 0 spiro atoms. The van der Waals surface area contributed by atoms with Crippen LogP contribution in [0.3, 0.4) is 0 Å². The van der Waals surface area contributed by atoms with Crippen molar-refractivity contribution in [1.29, 1.82) is 0 Å². The van der Waals surface area contributed by atoms with Gasteiger partial charge in [-0.2, -0.15) is 0 Å². The number of allylic oxidation sites excluding steroid dienone is 6. The smallest absolute Gasteiger partial charge is 0.238 e. The van der Waals surface area contributed by atoms with Crippen molar-refractivity contribution >= 4 is 72.3 Å². The number of Topliss-reactive ketones (excluding diaryl/α,β-unsaturated/α-hetero) is 1. The van der Waals surface area contributed by atoms with Crippen LogP contribution in [0.5, 0.6) is 11.5 Å². The van der Waals surface area contributed by atoms with Crippen molar-refractivity contribution < 1.29 is 29.0 Å². The molecule has 1 saturated heterocycles. The molecule has 8 nitrogen and oxygen atoms in total. The van der Waals surface area contributed by atoms with Gasteiger partial charge in [0, 0.05) is 38.5 Å². The van der Waals surface area contributed by atoms with Crippen LogP contribution in [0.2, 0.25) is 0 Å². The second-order valence-corrected chi connectivity index (χ2v) is 13.5. The predicted molar refractivity (Wildman–Crippen MR) is 180 cm³/mol. The van der Waals surface area contributed by atoms with Gasteiger partial charge in [-0.15, -0.1) is 0 Å². The van der Waals surface area contributed by atoms with E-state index in [9.17, 15) is 24.3 Å². The molecule has 0 bridgehead atoms. The first-order chi connectivity index (χ1) is 22.1. The van der Waals surface area contributed by atoms with Crippen LogP contribution in [-0.4, -0.2) is 35.6 Å². The maximum Gasteiger partial charge on any atom is 0.238 e. The quantitative estimate of drug-likeness (QED) is 0.160. The van der Waals surface area contributed by atoms with E-state index in [4.69, 9.17) is 4.74 Å². The number of imide groups is 1. The number of aromatic hydroxyl groups is 1. The number of rotatable bonds is 5. The maximum atomic E-state index is 14.3. The number of para-hydroxylation sites is 1. The number of fused-ring (bicyclic) bond motifs is 3. The number of amides is 2. The molecule has 4 unspecified atom stereocenters. The van der Waals surface area contributed by atoms with Crippen molar-refractivity contribution in [3.63, 3.8) is 0 Å². The summed E-state index contributed by atoms with van der Waals surface area (Å²) in [6, 6.07) is 18.5. The number of nitrogens with zero attached hydrogens (tertiary/aromatic N) is 1. The van der Waals surface area contributed by atoms with E-state index in [0.29, 0.717) is 43.3 Å². The van der Waals surface area contributed by atoms with Crippen LogP contribution in [0.25, 0.3) is 0 Å². The Morgan fingerprint density at radius 1 is 0.913 bits per heavy atom. The molecule has 0 saturated carbocycles. The summed E-state index contributed by atoms with van der Waals surface area (Å²) in [6.45, 7) is 1.62. The number of halogens is 2. The van der Waals surface area contributed by atoms with Gasteiger partial charge in [-0.05, 0) is 112 Å². The second kappa shape index (κ2) is 11.5. The first-order valence-electron chi connectivity index (χ1n) is 14.9. The molecule has 3 aromatic rings. The fourth-order valence-corrected chi connectivity index (χ4v) is 8.31. The average Bonchev–Trinajstić information content (AvgIpc) is 3.32. The van der Waals surface area contributed by atoms with Crippen LogP contribution in [0.1, 0.15) is 31.2 Å². The Bertz CT molecular complexity index is 1950. The van der Waals surface area contributed by atoms with Gasteiger partial charge in [-0.3, -0.25) is 24.1 Å². The molecule has 3 aliphatic carbocycles. The molecule has 0 aromatic heterocycles. The van der Waals surface area contributed by atoms with Crippen molar-refractivity contribution in [2.45, 2.75) is 25.7 Å². The van der Waals surface area contributed by atoms with Gasteiger partial charge >= 0.3 is 0 Å². The van der Waals surface area contributed by atoms with E-state index in [1.165, 1.54) is 18.1 Å². The van der Waals surface area contributed by atoms with Crippen LogP contribution in [-0.2, 0) is 19.2 Å². The molecule has 4 atom stereocenters. The fraction of sp³-hybridized carbons (Fsp3) is 0.222. The van der Waals surface area contributed by atoms with Crippen molar-refractivity contribution in [3.8, 4) is 11.5 Å². The molecule has 2 amide bonds. The first-order valence-corrected chi connectivity index (χ1v) is 16.4. The number of carbonyl (C=O) groups excluding carboxylic acids is 4. The zero-order chi connectivity index (χ0) is 32.4. The molecule has 232 valence electrons. The zero-order valence-corrected chi connectivity index (χ0v) is 28.0. The standard InChI is InChI=1S/C36H28Br2N2O6/c1-17-14-26(41)30-25(33(17)42)15-23-21(28(30)24-16-27(46-2)34(43)32(38)31(24)37)12-13-22-29(23)36(45)40(35(22)44)20-10-8-19(9-11-20)39-18-6-4-3-5-7-18/h3-12,14,16,22-23,28-29,39,43H,13,15H2,1-2H3. The zero-order valence-electron chi connectivity index (χ0n) is 24.8. The lowest BCUT2D eigenvalue weighted by Gasteiger charge is -2.42. The molecule has 1 heterocycles. The Morgan fingerprint density at radius 3 is 2.30 bits per heavy atom. The third-order valence-electron chi connectivity index (χ3n) is 9.46. The Hall–Kier alpha value is -4.28. The van der Waals surface area contributed by atoms with Gasteiger partial charge in [-0.25, -0.2) is 0 Å². The van der Waals surface area contributed by atoms with Gasteiger partial charge in [0.15, 0.2) is 23.1 Å². The number of phenolic OH excluding ortho intramolecular Hbond substituents is 1. The third-order valence-corrected chi connectivity index (χ3v) is 11.6. The number of phenols is 1. The molecule has 2 N–H and O–H groups in total. The minimum absolute atomic E-state index is 0.114. The molecule has 3 aromatic carbocycles. The van der Waals surface area contributed by atoms with Crippen molar-refractivity contribution in [2.24, 2.45) is 17.8 Å². The molecular weight excluding hydrogens is 716 g/mol. The van der Waals surface area contributed by atoms with Gasteiger partial charge in [0.2, 0.25) is 11.8 Å². The minimum Gasteiger partial charge on any atom is -0.503 e. The van der Waals surface area contributed by atoms with Crippen LogP contribution in [0.4, 0.5) is 17.1 Å². The van der Waals surface area contributed by atoms with Crippen molar-refractivity contribution in [2.75, 3.05) is 17.3 Å². The summed E-state index contributed by atoms with van der Waals surface area (Å²) in [6.07, 6.45) is 3.82. The van der Waals surface area contributed by atoms with E-state index in [1.807, 2.05) is 48.5 Å². The minimum atomic E-state index is -0.707. The van der Waals surface area contributed by atoms with Crippen LogP contribution >= 0.6 is 31.9 Å². The third kappa shape index (κ3) is 4.69. The number of nitrogens with one attached hydrogen (secondary N) is 1. The highest BCUT2D eigenvalue weighted by molar-refractivity contribution is 9.13. The summed E-state index contributed by atoms with van der Waals surface area (Å²) in [5, 5.41) is 14.0. The summed E-state index contributed by atoms with van der Waals surface area (Å²) in [4.78, 5) is 56.7. The fourth-order valence-electron chi connectivity index (χ4n) is 7.35. The summed E-state index contributed by atoms with van der Waals surface area (Å²) in [5.74, 6) is -3.52. The van der Waals surface area contributed by atoms with Crippen molar-refractivity contribution in [1.82, 2.24) is 0 Å². The van der Waals surface area contributed by atoms with Crippen molar-refractivity contribution in [3.05, 3.63) is 110 Å². The molecule has 4 aliphatic rings. The van der Waals surface area contributed by atoms with E-state index in [1.54, 1.807) is 25.1 Å². The predicted octanol–water partition coefficient (Wildman–Crippen LogP) is 7.30. The number of hydrogen-bond donors (Lipinski definition) is 2. The normalized spacial score (nSPS) is 23.9. The Labute approximate surface area is 282 Å². The lowest BCUT2D eigenvalue weighted by Crippen LogP contribution is -2.40. The summed E-state index contributed by atoms with van der Waals surface area (Å²) in [5.41, 5.74) is 4.68. The van der Waals surface area contributed by atoms with Gasteiger partial charge in [0.05, 0.1) is 29.1 Å². The summed E-state index contributed by atoms with van der Waals surface area (Å²) < 4.78 is 6.28. The maximum absolute atomic E-state index is 14.3. The average molecular weight is 744 g/mol. The lowest BCUT2D eigenvalue weighted by molar-refractivity contribution is -0.123. The van der Waals surface area contributed by atoms with E-state index in [0.717, 1.165) is 16.9 Å². The van der Waals surface area contributed by atoms with E-state index >= 15 is 0 Å². The van der Waals surface area contributed by atoms with Crippen LogP contribution in [0, 0.1) is 17.8 Å². The number of carbonyl (C=O) groups is 4. The highest BCUT2D eigenvalue weighted by Gasteiger charge is 2.57. The molecule has 7 rings (SSSR count). The van der Waals surface area contributed by atoms with Crippen LogP contribution < -0.4 is 15.0 Å². The number of ketones is 2. The molecule has 1 fully saturated rings. The van der Waals surface area contributed by atoms with Gasteiger partial charge in [0.25, 0.3) is 0 Å². The number of methoxy groups -OCH3 is 1. The second-order valence-electron chi connectivity index (χ2n) is 11.9. The SMILES string of the molecule is COc1cc(C2C3=CCC4C(=O)N(c5ccc(Nc6ccccc6)cc5)C(=O)C4C3CC3=C2C(=O)C=C(C)C3=O)c(Br)c(Br)c1O. The number of benzene rings is 3. The highest BCUT2D eigenvalue weighted by atomic mass is 79.9. The van der Waals surface area contributed by atoms with Gasteiger partial charge in [-0.1, -0.05) is 29.8 Å². The number of hydrogen-bond acceptors (Lipinski definition) is 7. The number of anilines is 3. The molecular formula is C36H28Br2N2O6. The van der Waals surface area contributed by atoms with E-state index in [2.05, 4.69) is 37.2 Å².